The first-order chi connectivity index (χ1) is 21.3. The van der Waals surface area contributed by atoms with Crippen LogP contribution in [0.25, 0.3) is 0 Å². The molecule has 45 heavy (non-hydrogen) atoms. The number of benzene rings is 2. The normalized spacial score (nSPS) is 24.5. The maximum Gasteiger partial charge on any atom is 0.477 e. The van der Waals surface area contributed by atoms with Crippen LogP contribution in [-0.4, -0.2) is 64.0 Å². The van der Waals surface area contributed by atoms with E-state index in [4.69, 9.17) is 32.9 Å². The topological polar surface area (TPSA) is 201 Å². The number of halogens is 2. The third kappa shape index (κ3) is 10.3. The number of hydrogen-bond acceptors (Lipinski definition) is 13. The number of nitrogens with two attached hydrogens (primary N) is 1. The number of carbonyl (C=O) groups excluding carboxylic acids is 1. The SMILES string of the molecule is C[C@H](NP(=O)(OPOP(=O)(O)OC[C@@H]1CC(F)(F)[C@H](N2C=CC(N)=NC2O)O1)Oc1ccccc1)C(=O)OCc1ccccc1. The van der Waals surface area contributed by atoms with Gasteiger partial charge in [-0.15, -0.1) is 0 Å². The number of esters is 1. The second kappa shape index (κ2) is 15.2. The smallest absolute Gasteiger partial charge is 0.460 e. The summed E-state index contributed by atoms with van der Waals surface area (Å²) in [5, 5.41) is 12.4. The van der Waals surface area contributed by atoms with Crippen molar-refractivity contribution in [2.45, 2.75) is 50.6 Å². The van der Waals surface area contributed by atoms with Gasteiger partial charge in [0.15, 0.2) is 15.3 Å². The van der Waals surface area contributed by atoms with Gasteiger partial charge in [-0.1, -0.05) is 48.5 Å². The fraction of sp³-hybridized carbons (Fsp3) is 0.360. The van der Waals surface area contributed by atoms with Crippen molar-refractivity contribution in [3.05, 3.63) is 78.5 Å². The van der Waals surface area contributed by atoms with Crippen LogP contribution in [0.2, 0.25) is 0 Å². The Morgan fingerprint density at radius 1 is 1.20 bits per heavy atom. The molecule has 15 nitrogen and oxygen atoms in total. The van der Waals surface area contributed by atoms with E-state index in [1.54, 1.807) is 48.5 Å². The Bertz CT molecular complexity index is 1460. The second-order valence-corrected chi connectivity index (χ2v) is 13.9. The highest BCUT2D eigenvalue weighted by molar-refractivity contribution is 7.61. The summed E-state index contributed by atoms with van der Waals surface area (Å²) in [6.45, 7) is 0.470. The summed E-state index contributed by atoms with van der Waals surface area (Å²) in [7, 11) is -10.9. The third-order valence-electron chi connectivity index (χ3n) is 6.03. The molecule has 7 atom stereocenters. The first-order valence-electron chi connectivity index (χ1n) is 13.2. The van der Waals surface area contributed by atoms with E-state index in [0.29, 0.717) is 5.56 Å². The van der Waals surface area contributed by atoms with Crippen LogP contribution in [0.15, 0.2) is 77.9 Å². The van der Waals surface area contributed by atoms with E-state index in [1.165, 1.54) is 25.1 Å². The van der Waals surface area contributed by atoms with Gasteiger partial charge in [-0.3, -0.25) is 9.32 Å². The number of ether oxygens (including phenoxy) is 2. The number of amidine groups is 1. The van der Waals surface area contributed by atoms with Crippen LogP contribution in [0.3, 0.4) is 0 Å². The number of para-hydroxylation sites is 1. The van der Waals surface area contributed by atoms with Crippen molar-refractivity contribution in [2.24, 2.45) is 10.7 Å². The summed E-state index contributed by atoms with van der Waals surface area (Å²) < 4.78 is 85.9. The second-order valence-electron chi connectivity index (χ2n) is 9.62. The lowest BCUT2D eigenvalue weighted by Gasteiger charge is -2.33. The fourth-order valence-electron chi connectivity index (χ4n) is 3.95. The Labute approximate surface area is 258 Å². The molecule has 2 heterocycles. The van der Waals surface area contributed by atoms with Gasteiger partial charge in [0.25, 0.3) is 5.92 Å². The molecule has 246 valence electrons. The van der Waals surface area contributed by atoms with Gasteiger partial charge in [-0.25, -0.2) is 31.5 Å². The quantitative estimate of drug-likeness (QED) is 0.155. The number of aliphatic hydroxyl groups is 1. The molecule has 0 radical (unpaired) electrons. The molecule has 0 bridgehead atoms. The van der Waals surface area contributed by atoms with Gasteiger partial charge in [0.2, 0.25) is 6.35 Å². The Kier molecular flexibility index (Phi) is 11.8. The Hall–Kier alpha value is -2.81. The summed E-state index contributed by atoms with van der Waals surface area (Å²) >= 11 is 0. The molecular formula is C25H31F2N4O11P3. The minimum absolute atomic E-state index is 0.0540. The minimum atomic E-state index is -4.97. The zero-order valence-electron chi connectivity index (χ0n) is 23.5. The lowest BCUT2D eigenvalue weighted by molar-refractivity contribution is -0.176. The molecule has 2 aliphatic heterocycles. The summed E-state index contributed by atoms with van der Waals surface area (Å²) in [5.74, 6) is -4.30. The van der Waals surface area contributed by atoms with Gasteiger partial charge in [-0.05, 0) is 30.7 Å². The molecule has 0 aliphatic carbocycles. The maximum absolute atomic E-state index is 14.6. The van der Waals surface area contributed by atoms with Gasteiger partial charge in [0, 0.05) is 12.6 Å². The summed E-state index contributed by atoms with van der Waals surface area (Å²) in [6.07, 6.45) is -3.73. The largest absolute Gasteiger partial charge is 0.477 e. The number of alkyl halides is 2. The van der Waals surface area contributed by atoms with Crippen LogP contribution in [0.1, 0.15) is 18.9 Å². The van der Waals surface area contributed by atoms with E-state index in [9.17, 15) is 32.7 Å². The Morgan fingerprint density at radius 2 is 1.87 bits per heavy atom. The van der Waals surface area contributed by atoms with E-state index in [-0.39, 0.29) is 18.2 Å². The summed E-state index contributed by atoms with van der Waals surface area (Å²) in [6, 6.07) is 15.3. The lowest BCUT2D eigenvalue weighted by Crippen LogP contribution is -2.48. The number of nitrogens with one attached hydrogen (secondary N) is 1. The first-order valence-corrected chi connectivity index (χ1v) is 17.0. The van der Waals surface area contributed by atoms with Gasteiger partial charge >= 0.3 is 21.5 Å². The van der Waals surface area contributed by atoms with E-state index >= 15 is 0 Å². The maximum atomic E-state index is 14.6. The molecule has 0 amide bonds. The average molecular weight is 694 g/mol. The molecule has 20 heteroatoms. The number of hydrogen-bond donors (Lipinski definition) is 4. The number of aliphatic hydroxyl groups excluding tert-OH is 1. The monoisotopic (exact) mass is 694 g/mol. The van der Waals surface area contributed by atoms with E-state index in [0.717, 1.165) is 11.1 Å². The molecule has 1 saturated heterocycles. The summed E-state index contributed by atoms with van der Waals surface area (Å²) in [5.41, 5.74) is 6.16. The van der Waals surface area contributed by atoms with Crippen molar-refractivity contribution in [3.63, 3.8) is 0 Å². The van der Waals surface area contributed by atoms with Crippen LogP contribution >= 0.6 is 24.6 Å². The zero-order chi connectivity index (χ0) is 32.7. The van der Waals surface area contributed by atoms with Crippen LogP contribution < -0.4 is 15.3 Å². The number of carbonyl (C=O) groups is 1. The van der Waals surface area contributed by atoms with Crippen molar-refractivity contribution in [1.29, 1.82) is 0 Å². The van der Waals surface area contributed by atoms with Gasteiger partial charge in [-0.2, -0.15) is 5.09 Å². The van der Waals surface area contributed by atoms with Crippen molar-refractivity contribution in [1.82, 2.24) is 9.99 Å². The van der Waals surface area contributed by atoms with E-state index in [1.807, 2.05) is 0 Å². The number of rotatable bonds is 15. The molecular weight excluding hydrogens is 663 g/mol. The number of phosphoric ester groups is 1. The number of phosphoric acid groups is 1. The zero-order valence-corrected chi connectivity index (χ0v) is 26.3. The van der Waals surface area contributed by atoms with Crippen molar-refractivity contribution in [3.8, 4) is 5.75 Å². The Balaban J connectivity index is 1.31. The van der Waals surface area contributed by atoms with Crippen LogP contribution in [0.4, 0.5) is 8.78 Å². The standard InChI is InChI=1S/C25H31F2N4O11P3/c1-17(22(32)37-15-18-8-4-2-5-9-18)30-44(34,40-19-10-6-3-7-11-19)41-43-42-45(35,36)38-16-20-14-25(26,27)23(39-20)31-13-12-21(28)29-24(31)33/h2-13,17,20,23-24,33,43H,14-16H2,1H3,(H2,28,29)(H,30,34)(H,35,36)/t17-,20-,23+,24?,44?/m0/s1. The van der Waals surface area contributed by atoms with Crippen LogP contribution in [0.5, 0.6) is 5.75 Å². The van der Waals surface area contributed by atoms with Gasteiger partial charge in [0.1, 0.15) is 24.2 Å². The molecule has 4 rings (SSSR count). The highest BCUT2D eigenvalue weighted by Gasteiger charge is 2.54. The lowest BCUT2D eigenvalue weighted by atomic mass is 10.2. The molecule has 0 aromatic heterocycles. The molecule has 0 saturated carbocycles. The van der Waals surface area contributed by atoms with E-state index in [2.05, 4.69) is 10.1 Å². The summed E-state index contributed by atoms with van der Waals surface area (Å²) in [4.78, 5) is 27.0. The van der Waals surface area contributed by atoms with E-state index < -0.39 is 74.2 Å². The molecule has 0 spiro atoms. The molecule has 2 aliphatic rings. The van der Waals surface area contributed by atoms with Crippen LogP contribution in [-0.2, 0) is 43.2 Å². The highest BCUT2D eigenvalue weighted by atomic mass is 31.3. The van der Waals surface area contributed by atoms with Gasteiger partial charge in [0.05, 0.1) is 12.7 Å². The Morgan fingerprint density at radius 3 is 2.53 bits per heavy atom. The molecule has 2 aromatic rings. The van der Waals surface area contributed by atoms with Crippen LogP contribution in [0, 0.1) is 0 Å². The van der Waals surface area contributed by atoms with Crippen molar-refractivity contribution in [2.75, 3.05) is 6.61 Å². The molecule has 1 fully saturated rings. The first kappa shape index (κ1) is 35.1. The van der Waals surface area contributed by atoms with Crippen molar-refractivity contribution < 1.29 is 59.8 Å². The molecule has 4 unspecified atom stereocenters. The van der Waals surface area contributed by atoms with Gasteiger partial charge < -0.3 is 34.6 Å². The fourth-order valence-corrected chi connectivity index (χ4v) is 7.11. The minimum Gasteiger partial charge on any atom is -0.460 e. The van der Waals surface area contributed by atoms with Crippen molar-refractivity contribution >= 4 is 36.4 Å². The number of aliphatic imine (C=N–C) groups is 1. The average Bonchev–Trinajstić information content (AvgIpc) is 3.29. The molecule has 5 N–H and O–H groups in total. The predicted octanol–water partition coefficient (Wildman–Crippen LogP) is 3.77. The number of nitrogens with zero attached hydrogens (tertiary/aromatic N) is 2. The predicted molar refractivity (Wildman–Crippen MR) is 157 cm³/mol. The molecule has 2 aromatic carbocycles. The highest BCUT2D eigenvalue weighted by Crippen LogP contribution is 2.57. The third-order valence-corrected chi connectivity index (χ3v) is 10.1.